The van der Waals surface area contributed by atoms with Gasteiger partial charge < -0.3 is 0 Å². The van der Waals surface area contributed by atoms with Gasteiger partial charge in [0.1, 0.15) is 5.82 Å². The van der Waals surface area contributed by atoms with Crippen molar-refractivity contribution in [1.29, 1.82) is 0 Å². The Morgan fingerprint density at radius 3 is 2.44 bits per heavy atom. The molecular formula is C16H14N2. The lowest BCUT2D eigenvalue weighted by molar-refractivity contribution is 1.02. The van der Waals surface area contributed by atoms with Crippen molar-refractivity contribution in [2.75, 3.05) is 0 Å². The van der Waals surface area contributed by atoms with Gasteiger partial charge in [-0.1, -0.05) is 42.5 Å². The zero-order valence-electron chi connectivity index (χ0n) is 10.5. The first kappa shape index (κ1) is 10.9. The second-order valence-electron chi connectivity index (χ2n) is 4.47. The Bertz CT molecular complexity index is 692. The second kappa shape index (κ2) is 4.22. The Labute approximate surface area is 106 Å². The van der Waals surface area contributed by atoms with Gasteiger partial charge in [0.15, 0.2) is 0 Å². The van der Waals surface area contributed by atoms with Crippen LogP contribution in [0.1, 0.15) is 11.5 Å². The molecule has 0 radical (unpaired) electrons. The monoisotopic (exact) mass is 234 g/mol. The van der Waals surface area contributed by atoms with E-state index in [1.54, 1.807) is 0 Å². The molecule has 3 aromatic rings. The van der Waals surface area contributed by atoms with Crippen molar-refractivity contribution in [3.63, 3.8) is 0 Å². The molecule has 0 atom stereocenters. The average molecular weight is 234 g/mol. The van der Waals surface area contributed by atoms with E-state index in [2.05, 4.69) is 52.4 Å². The summed E-state index contributed by atoms with van der Waals surface area (Å²) in [6, 6.07) is 16.7. The van der Waals surface area contributed by atoms with E-state index in [0.29, 0.717) is 0 Å². The van der Waals surface area contributed by atoms with Crippen LogP contribution in [0.3, 0.4) is 0 Å². The minimum Gasteiger partial charge on any atom is -0.239 e. The predicted molar refractivity (Wildman–Crippen MR) is 74.4 cm³/mol. The maximum atomic E-state index is 4.54. The van der Waals surface area contributed by atoms with Crippen LogP contribution in [-0.4, -0.2) is 9.97 Å². The Morgan fingerprint density at radius 2 is 1.61 bits per heavy atom. The Hall–Kier alpha value is -2.22. The fourth-order valence-electron chi connectivity index (χ4n) is 2.30. The molecule has 2 nitrogen and oxygen atoms in total. The summed E-state index contributed by atoms with van der Waals surface area (Å²) in [6.07, 6.45) is 0. The molecule has 1 heterocycles. The maximum absolute atomic E-state index is 4.54. The van der Waals surface area contributed by atoms with E-state index in [0.717, 1.165) is 17.2 Å². The van der Waals surface area contributed by atoms with E-state index in [-0.39, 0.29) is 0 Å². The van der Waals surface area contributed by atoms with Gasteiger partial charge in [0.25, 0.3) is 0 Å². The molecule has 0 unspecified atom stereocenters. The predicted octanol–water partition coefficient (Wildman–Crippen LogP) is 3.91. The topological polar surface area (TPSA) is 25.8 Å². The number of hydrogen-bond donors (Lipinski definition) is 0. The van der Waals surface area contributed by atoms with Gasteiger partial charge in [-0.3, -0.25) is 0 Å². The second-order valence-corrected chi connectivity index (χ2v) is 4.47. The van der Waals surface area contributed by atoms with Gasteiger partial charge in [0, 0.05) is 11.3 Å². The third kappa shape index (κ3) is 1.86. The maximum Gasteiger partial charge on any atom is 0.126 e. The fraction of sp³-hybridized carbons (Fsp3) is 0.125. The number of nitrogens with zero attached hydrogens (tertiary/aromatic N) is 2. The van der Waals surface area contributed by atoms with Gasteiger partial charge in [-0.2, -0.15) is 0 Å². The van der Waals surface area contributed by atoms with Crippen LogP contribution >= 0.6 is 0 Å². The summed E-state index contributed by atoms with van der Waals surface area (Å²) in [7, 11) is 0. The molecule has 2 heteroatoms. The standard InChI is InChI=1S/C16H14N2/c1-11-10-16(18-12(2)17-11)15-9-5-7-13-6-3-4-8-14(13)15/h3-10H,1-2H3. The minimum atomic E-state index is 0.818. The van der Waals surface area contributed by atoms with Crippen LogP contribution in [0.15, 0.2) is 48.5 Å². The van der Waals surface area contributed by atoms with E-state index in [1.807, 2.05) is 19.9 Å². The third-order valence-electron chi connectivity index (χ3n) is 3.03. The van der Waals surface area contributed by atoms with Gasteiger partial charge in [-0.15, -0.1) is 0 Å². The summed E-state index contributed by atoms with van der Waals surface area (Å²) in [5.74, 6) is 0.818. The van der Waals surface area contributed by atoms with Crippen molar-refractivity contribution in [3.8, 4) is 11.3 Å². The van der Waals surface area contributed by atoms with Gasteiger partial charge in [-0.25, -0.2) is 9.97 Å². The molecule has 0 spiro atoms. The average Bonchev–Trinajstić information content (AvgIpc) is 2.37. The summed E-state index contributed by atoms with van der Waals surface area (Å²) < 4.78 is 0. The molecular weight excluding hydrogens is 220 g/mol. The molecule has 3 rings (SSSR count). The number of rotatable bonds is 1. The minimum absolute atomic E-state index is 0.818. The molecule has 0 amide bonds. The summed E-state index contributed by atoms with van der Waals surface area (Å²) in [6.45, 7) is 3.94. The molecule has 0 aliphatic heterocycles. The van der Waals surface area contributed by atoms with Gasteiger partial charge in [-0.05, 0) is 30.7 Å². The van der Waals surface area contributed by atoms with Crippen LogP contribution < -0.4 is 0 Å². The zero-order valence-corrected chi connectivity index (χ0v) is 10.5. The van der Waals surface area contributed by atoms with E-state index in [1.165, 1.54) is 16.3 Å². The van der Waals surface area contributed by atoms with Crippen LogP contribution in [-0.2, 0) is 0 Å². The van der Waals surface area contributed by atoms with Crippen LogP contribution in [0.2, 0.25) is 0 Å². The first-order valence-corrected chi connectivity index (χ1v) is 6.04. The molecule has 0 saturated carbocycles. The molecule has 0 aliphatic rings. The summed E-state index contributed by atoms with van der Waals surface area (Å²) in [5, 5.41) is 2.47. The van der Waals surface area contributed by atoms with Crippen LogP contribution in [0.4, 0.5) is 0 Å². The quantitative estimate of drug-likeness (QED) is 0.638. The number of hydrogen-bond acceptors (Lipinski definition) is 2. The van der Waals surface area contributed by atoms with Crippen LogP contribution in [0.5, 0.6) is 0 Å². The number of fused-ring (bicyclic) bond motifs is 1. The van der Waals surface area contributed by atoms with Gasteiger partial charge in [0.05, 0.1) is 5.69 Å². The Kier molecular flexibility index (Phi) is 2.56. The molecule has 1 aromatic heterocycles. The summed E-state index contributed by atoms with van der Waals surface area (Å²) in [5.41, 5.74) is 3.17. The van der Waals surface area contributed by atoms with Crippen molar-refractivity contribution < 1.29 is 0 Å². The molecule has 88 valence electrons. The van der Waals surface area contributed by atoms with Gasteiger partial charge in [0.2, 0.25) is 0 Å². The molecule has 0 fully saturated rings. The van der Waals surface area contributed by atoms with Crippen molar-refractivity contribution in [3.05, 3.63) is 60.0 Å². The third-order valence-corrected chi connectivity index (χ3v) is 3.03. The zero-order chi connectivity index (χ0) is 12.5. The first-order chi connectivity index (χ1) is 8.74. The number of aryl methyl sites for hydroxylation is 2. The molecule has 18 heavy (non-hydrogen) atoms. The van der Waals surface area contributed by atoms with Gasteiger partial charge >= 0.3 is 0 Å². The molecule has 2 aromatic carbocycles. The van der Waals surface area contributed by atoms with Crippen molar-refractivity contribution in [1.82, 2.24) is 9.97 Å². The van der Waals surface area contributed by atoms with Crippen molar-refractivity contribution in [2.45, 2.75) is 13.8 Å². The number of benzene rings is 2. The van der Waals surface area contributed by atoms with E-state index in [4.69, 9.17) is 0 Å². The SMILES string of the molecule is Cc1cc(-c2cccc3ccccc23)nc(C)n1. The number of aromatic nitrogens is 2. The highest BCUT2D eigenvalue weighted by molar-refractivity contribution is 5.95. The first-order valence-electron chi connectivity index (χ1n) is 6.04. The lowest BCUT2D eigenvalue weighted by atomic mass is 10.0. The molecule has 0 saturated heterocycles. The lowest BCUT2D eigenvalue weighted by Crippen LogP contribution is -1.94. The lowest BCUT2D eigenvalue weighted by Gasteiger charge is -2.07. The highest BCUT2D eigenvalue weighted by atomic mass is 14.9. The summed E-state index contributed by atoms with van der Waals surface area (Å²) >= 11 is 0. The molecule has 0 bridgehead atoms. The Morgan fingerprint density at radius 1 is 0.833 bits per heavy atom. The molecule has 0 N–H and O–H groups in total. The fourth-order valence-corrected chi connectivity index (χ4v) is 2.30. The molecule has 0 aliphatic carbocycles. The van der Waals surface area contributed by atoms with E-state index >= 15 is 0 Å². The van der Waals surface area contributed by atoms with E-state index in [9.17, 15) is 0 Å². The smallest absolute Gasteiger partial charge is 0.126 e. The largest absolute Gasteiger partial charge is 0.239 e. The van der Waals surface area contributed by atoms with E-state index < -0.39 is 0 Å². The van der Waals surface area contributed by atoms with Crippen molar-refractivity contribution >= 4 is 10.8 Å². The summed E-state index contributed by atoms with van der Waals surface area (Å²) in [4.78, 5) is 8.87. The van der Waals surface area contributed by atoms with Crippen LogP contribution in [0.25, 0.3) is 22.0 Å². The normalized spacial score (nSPS) is 10.8. The van der Waals surface area contributed by atoms with Crippen molar-refractivity contribution in [2.24, 2.45) is 0 Å². The van der Waals surface area contributed by atoms with Crippen LogP contribution in [0, 0.1) is 13.8 Å². The Balaban J connectivity index is 2.31. The highest BCUT2D eigenvalue weighted by Gasteiger charge is 2.06. The highest BCUT2D eigenvalue weighted by Crippen LogP contribution is 2.27.